The Morgan fingerprint density at radius 1 is 1.15 bits per heavy atom. The molecular formula is C20H24ClNO3S. The number of thioether (sulfide) groups is 1. The average molecular weight is 394 g/mol. The highest BCUT2D eigenvalue weighted by Gasteiger charge is 2.22. The van der Waals surface area contributed by atoms with E-state index >= 15 is 0 Å². The summed E-state index contributed by atoms with van der Waals surface area (Å²) in [5.41, 5.74) is 0.881. The Morgan fingerprint density at radius 2 is 1.85 bits per heavy atom. The van der Waals surface area contributed by atoms with Gasteiger partial charge in [-0.05, 0) is 55.8 Å². The van der Waals surface area contributed by atoms with Gasteiger partial charge in [0.15, 0.2) is 0 Å². The van der Waals surface area contributed by atoms with E-state index in [2.05, 4.69) is 5.32 Å². The van der Waals surface area contributed by atoms with Gasteiger partial charge in [0.1, 0.15) is 11.5 Å². The predicted octanol–water partition coefficient (Wildman–Crippen LogP) is 5.11. The van der Waals surface area contributed by atoms with Crippen molar-refractivity contribution in [2.24, 2.45) is 0 Å². The number of hydrogen-bond donors (Lipinski definition) is 1. The van der Waals surface area contributed by atoms with Crippen LogP contribution in [0.25, 0.3) is 0 Å². The molecule has 0 aromatic heterocycles. The first kappa shape index (κ1) is 20.5. The van der Waals surface area contributed by atoms with Crippen molar-refractivity contribution < 1.29 is 14.3 Å². The molecule has 6 heteroatoms. The van der Waals surface area contributed by atoms with Crippen LogP contribution in [-0.4, -0.2) is 25.4 Å². The van der Waals surface area contributed by atoms with E-state index in [1.54, 1.807) is 14.2 Å². The zero-order valence-electron chi connectivity index (χ0n) is 15.4. The summed E-state index contributed by atoms with van der Waals surface area (Å²) in [7, 11) is 3.23. The van der Waals surface area contributed by atoms with Gasteiger partial charge in [-0.25, -0.2) is 0 Å². The van der Waals surface area contributed by atoms with Gasteiger partial charge in [-0.1, -0.05) is 18.5 Å². The van der Waals surface area contributed by atoms with Gasteiger partial charge in [0.2, 0.25) is 5.91 Å². The SMILES string of the molecule is CC[C@H](Sc1ccc(Cl)cc1)C(=O)N[C@@H](C)c1cc(OC)ccc1OC. The van der Waals surface area contributed by atoms with Crippen LogP contribution in [-0.2, 0) is 4.79 Å². The van der Waals surface area contributed by atoms with Gasteiger partial charge in [-0.3, -0.25) is 4.79 Å². The second-order valence-electron chi connectivity index (χ2n) is 5.81. The zero-order chi connectivity index (χ0) is 19.1. The third-order valence-electron chi connectivity index (χ3n) is 4.02. The highest BCUT2D eigenvalue weighted by molar-refractivity contribution is 8.00. The normalized spacial score (nSPS) is 13.0. The van der Waals surface area contributed by atoms with Crippen LogP contribution in [0, 0.1) is 0 Å². The molecule has 0 radical (unpaired) electrons. The van der Waals surface area contributed by atoms with E-state index < -0.39 is 0 Å². The van der Waals surface area contributed by atoms with Crippen molar-refractivity contribution in [3.8, 4) is 11.5 Å². The lowest BCUT2D eigenvalue weighted by Gasteiger charge is -2.21. The number of ether oxygens (including phenoxy) is 2. The number of rotatable bonds is 8. The molecule has 2 rings (SSSR count). The summed E-state index contributed by atoms with van der Waals surface area (Å²) >= 11 is 7.46. The average Bonchev–Trinajstić information content (AvgIpc) is 2.66. The fraction of sp³-hybridized carbons (Fsp3) is 0.350. The Kier molecular flexibility index (Phi) is 7.66. The quantitative estimate of drug-likeness (QED) is 0.633. The second-order valence-corrected chi connectivity index (χ2v) is 7.52. The molecule has 0 aliphatic rings. The molecule has 0 bridgehead atoms. The van der Waals surface area contributed by atoms with Gasteiger partial charge in [0.05, 0.1) is 25.5 Å². The Balaban J connectivity index is 2.10. The number of halogens is 1. The van der Waals surface area contributed by atoms with Gasteiger partial charge in [0.25, 0.3) is 0 Å². The first-order chi connectivity index (χ1) is 12.5. The molecule has 0 saturated carbocycles. The molecule has 1 amide bonds. The molecule has 0 aliphatic carbocycles. The predicted molar refractivity (Wildman–Crippen MR) is 107 cm³/mol. The van der Waals surface area contributed by atoms with Crippen LogP contribution in [0.1, 0.15) is 31.9 Å². The summed E-state index contributed by atoms with van der Waals surface area (Å²) in [4.78, 5) is 13.8. The molecule has 2 aromatic carbocycles. The van der Waals surface area contributed by atoms with Crippen molar-refractivity contribution in [3.63, 3.8) is 0 Å². The largest absolute Gasteiger partial charge is 0.497 e. The third kappa shape index (κ3) is 5.32. The van der Waals surface area contributed by atoms with Crippen LogP contribution in [0.3, 0.4) is 0 Å². The minimum Gasteiger partial charge on any atom is -0.497 e. The maximum atomic E-state index is 12.8. The molecule has 0 aliphatic heterocycles. The van der Waals surface area contributed by atoms with Gasteiger partial charge < -0.3 is 14.8 Å². The molecule has 1 N–H and O–H groups in total. The number of nitrogens with one attached hydrogen (secondary N) is 1. The molecule has 0 unspecified atom stereocenters. The topological polar surface area (TPSA) is 47.6 Å². The van der Waals surface area contributed by atoms with E-state index in [0.717, 1.165) is 28.4 Å². The molecule has 0 saturated heterocycles. The summed E-state index contributed by atoms with van der Waals surface area (Å²) in [5, 5.41) is 3.58. The molecule has 140 valence electrons. The van der Waals surface area contributed by atoms with Gasteiger partial charge >= 0.3 is 0 Å². The first-order valence-electron chi connectivity index (χ1n) is 8.43. The van der Waals surface area contributed by atoms with Crippen LogP contribution in [0.2, 0.25) is 5.02 Å². The summed E-state index contributed by atoms with van der Waals surface area (Å²) in [6.07, 6.45) is 0.723. The molecule has 0 heterocycles. The molecule has 2 aromatic rings. The molecule has 26 heavy (non-hydrogen) atoms. The molecule has 0 spiro atoms. The van der Waals surface area contributed by atoms with Crippen molar-refractivity contribution in [1.82, 2.24) is 5.32 Å². The number of benzene rings is 2. The lowest BCUT2D eigenvalue weighted by atomic mass is 10.1. The summed E-state index contributed by atoms with van der Waals surface area (Å²) in [6.45, 7) is 3.94. The standard InChI is InChI=1S/C20H24ClNO3S/c1-5-19(26-16-9-6-14(21)7-10-16)20(23)22-13(2)17-12-15(24-3)8-11-18(17)25-4/h6-13,19H,5H2,1-4H3,(H,22,23)/t13-,19-/m0/s1. The van der Waals surface area contributed by atoms with Crippen molar-refractivity contribution in [1.29, 1.82) is 0 Å². The van der Waals surface area contributed by atoms with Crippen molar-refractivity contribution in [2.45, 2.75) is 36.5 Å². The Bertz CT molecular complexity index is 736. The minimum absolute atomic E-state index is 0.00942. The monoisotopic (exact) mass is 393 g/mol. The van der Waals surface area contributed by atoms with Crippen LogP contribution in [0.4, 0.5) is 0 Å². The van der Waals surface area contributed by atoms with E-state index in [4.69, 9.17) is 21.1 Å². The van der Waals surface area contributed by atoms with Crippen LogP contribution in [0.5, 0.6) is 11.5 Å². The number of amides is 1. The van der Waals surface area contributed by atoms with Gasteiger partial charge in [0, 0.05) is 15.5 Å². The first-order valence-corrected chi connectivity index (χ1v) is 9.68. The van der Waals surface area contributed by atoms with E-state index in [1.165, 1.54) is 11.8 Å². The fourth-order valence-corrected chi connectivity index (χ4v) is 3.65. The van der Waals surface area contributed by atoms with E-state index in [-0.39, 0.29) is 17.2 Å². The summed E-state index contributed by atoms with van der Waals surface area (Å²) < 4.78 is 10.7. The van der Waals surface area contributed by atoms with Crippen LogP contribution in [0.15, 0.2) is 47.4 Å². The maximum Gasteiger partial charge on any atom is 0.233 e. The maximum absolute atomic E-state index is 12.8. The lowest BCUT2D eigenvalue weighted by Crippen LogP contribution is -2.34. The Morgan fingerprint density at radius 3 is 2.42 bits per heavy atom. The van der Waals surface area contributed by atoms with Crippen LogP contribution < -0.4 is 14.8 Å². The molecular weight excluding hydrogens is 370 g/mol. The smallest absolute Gasteiger partial charge is 0.233 e. The number of carbonyl (C=O) groups is 1. The fourth-order valence-electron chi connectivity index (χ4n) is 2.56. The number of hydrogen-bond acceptors (Lipinski definition) is 4. The molecule has 0 fully saturated rings. The molecule has 2 atom stereocenters. The summed E-state index contributed by atoms with van der Waals surface area (Å²) in [5.74, 6) is 1.44. The van der Waals surface area contributed by atoms with E-state index in [1.807, 2.05) is 56.3 Å². The minimum atomic E-state index is -0.201. The number of carbonyl (C=O) groups excluding carboxylic acids is 1. The Hall–Kier alpha value is -1.85. The van der Waals surface area contributed by atoms with Crippen molar-refractivity contribution in [2.75, 3.05) is 14.2 Å². The van der Waals surface area contributed by atoms with E-state index in [0.29, 0.717) is 5.02 Å². The summed E-state index contributed by atoms with van der Waals surface area (Å²) in [6, 6.07) is 12.9. The highest BCUT2D eigenvalue weighted by Crippen LogP contribution is 2.31. The van der Waals surface area contributed by atoms with E-state index in [9.17, 15) is 4.79 Å². The third-order valence-corrected chi connectivity index (χ3v) is 5.65. The van der Waals surface area contributed by atoms with Gasteiger partial charge in [-0.15, -0.1) is 11.8 Å². The van der Waals surface area contributed by atoms with Crippen molar-refractivity contribution >= 4 is 29.3 Å². The zero-order valence-corrected chi connectivity index (χ0v) is 17.0. The van der Waals surface area contributed by atoms with Crippen LogP contribution >= 0.6 is 23.4 Å². The second kappa shape index (κ2) is 9.74. The highest BCUT2D eigenvalue weighted by atomic mass is 35.5. The lowest BCUT2D eigenvalue weighted by molar-refractivity contribution is -0.121. The molecule has 4 nitrogen and oxygen atoms in total. The van der Waals surface area contributed by atoms with Gasteiger partial charge in [-0.2, -0.15) is 0 Å². The number of methoxy groups -OCH3 is 2. The Labute approximate surface area is 164 Å². The van der Waals surface area contributed by atoms with Crippen molar-refractivity contribution in [3.05, 3.63) is 53.1 Å².